The summed E-state index contributed by atoms with van der Waals surface area (Å²) in [6.45, 7) is 4.30. The van der Waals surface area contributed by atoms with E-state index in [0.29, 0.717) is 0 Å². The molecule has 3 heteroatoms. The quantitative estimate of drug-likeness (QED) is 0.905. The summed E-state index contributed by atoms with van der Waals surface area (Å²) >= 11 is 0. The third-order valence-corrected chi connectivity index (χ3v) is 4.13. The zero-order valence-electron chi connectivity index (χ0n) is 12.4. The van der Waals surface area contributed by atoms with Crippen molar-refractivity contribution in [3.05, 3.63) is 29.3 Å². The van der Waals surface area contributed by atoms with E-state index in [2.05, 4.69) is 37.1 Å². The summed E-state index contributed by atoms with van der Waals surface area (Å²) in [5, 5.41) is 0. The minimum absolute atomic E-state index is 0.0399. The van der Waals surface area contributed by atoms with Gasteiger partial charge in [0.15, 0.2) is 0 Å². The number of hydrogen-bond donors (Lipinski definition) is 1. The molecule has 0 radical (unpaired) electrons. The van der Waals surface area contributed by atoms with Gasteiger partial charge in [-0.15, -0.1) is 0 Å². The van der Waals surface area contributed by atoms with E-state index >= 15 is 0 Å². The third kappa shape index (κ3) is 3.71. The molecule has 0 bridgehead atoms. The van der Waals surface area contributed by atoms with Gasteiger partial charge in [0.2, 0.25) is 0 Å². The highest BCUT2D eigenvalue weighted by Crippen LogP contribution is 2.27. The number of likely N-dealkylation sites (tertiary alicyclic amines) is 1. The Morgan fingerprint density at radius 1 is 1.42 bits per heavy atom. The van der Waals surface area contributed by atoms with Gasteiger partial charge in [0, 0.05) is 12.1 Å². The van der Waals surface area contributed by atoms with Crippen molar-refractivity contribution >= 4 is 0 Å². The fraction of sp³-hybridized carbons (Fsp3) is 0.625. The number of piperidine rings is 1. The molecule has 2 N–H and O–H groups in total. The Hall–Kier alpha value is -1.06. The van der Waals surface area contributed by atoms with Gasteiger partial charge in [0.1, 0.15) is 5.75 Å². The van der Waals surface area contributed by atoms with Crippen LogP contribution in [-0.4, -0.2) is 37.7 Å². The Bertz CT molecular complexity index is 433. The zero-order chi connectivity index (χ0) is 13.9. The number of methoxy groups -OCH3 is 1. The summed E-state index contributed by atoms with van der Waals surface area (Å²) < 4.78 is 5.44. The van der Waals surface area contributed by atoms with Crippen LogP contribution in [-0.2, 0) is 6.42 Å². The average Bonchev–Trinajstić information content (AvgIpc) is 2.36. The lowest BCUT2D eigenvalue weighted by Gasteiger charge is -2.38. The number of ether oxygens (including phenoxy) is 1. The molecule has 1 atom stereocenters. The standard InChI is InChI=1S/C16H26N2O/c1-13-5-6-15(19-3)14(11-13)7-9-16(17)8-4-10-18(2)12-16/h5-6,11H,4,7-10,12,17H2,1-3H3. The average molecular weight is 262 g/mol. The first-order valence-corrected chi connectivity index (χ1v) is 7.13. The van der Waals surface area contributed by atoms with Crippen LogP contribution in [0.2, 0.25) is 0 Å². The van der Waals surface area contributed by atoms with Crippen LogP contribution in [0.1, 0.15) is 30.4 Å². The second-order valence-electron chi connectivity index (χ2n) is 6.02. The van der Waals surface area contributed by atoms with Gasteiger partial charge in [0.25, 0.3) is 0 Å². The van der Waals surface area contributed by atoms with Gasteiger partial charge < -0.3 is 15.4 Å². The van der Waals surface area contributed by atoms with Crippen LogP contribution in [0.4, 0.5) is 0 Å². The second-order valence-corrected chi connectivity index (χ2v) is 6.02. The molecule has 1 saturated heterocycles. The van der Waals surface area contributed by atoms with Gasteiger partial charge in [-0.3, -0.25) is 0 Å². The molecule has 1 aromatic rings. The highest BCUT2D eigenvalue weighted by molar-refractivity contribution is 5.37. The molecule has 2 rings (SSSR count). The summed E-state index contributed by atoms with van der Waals surface area (Å²) in [6.07, 6.45) is 4.36. The molecule has 1 unspecified atom stereocenters. The van der Waals surface area contributed by atoms with Gasteiger partial charge >= 0.3 is 0 Å². The minimum atomic E-state index is -0.0399. The van der Waals surface area contributed by atoms with Crippen LogP contribution in [0.25, 0.3) is 0 Å². The van der Waals surface area contributed by atoms with Gasteiger partial charge in [0.05, 0.1) is 7.11 Å². The summed E-state index contributed by atoms with van der Waals surface area (Å²) in [6, 6.07) is 6.37. The van der Waals surface area contributed by atoms with E-state index in [1.807, 2.05) is 0 Å². The molecule has 0 spiro atoms. The summed E-state index contributed by atoms with van der Waals surface area (Å²) in [5.74, 6) is 0.985. The lowest BCUT2D eigenvalue weighted by atomic mass is 9.84. The van der Waals surface area contributed by atoms with Crippen molar-refractivity contribution in [1.82, 2.24) is 4.90 Å². The van der Waals surface area contributed by atoms with E-state index in [0.717, 1.165) is 31.6 Å². The lowest BCUT2D eigenvalue weighted by Crippen LogP contribution is -2.53. The Morgan fingerprint density at radius 2 is 2.21 bits per heavy atom. The first-order chi connectivity index (χ1) is 9.02. The molecule has 19 heavy (non-hydrogen) atoms. The SMILES string of the molecule is COc1ccc(C)cc1CCC1(N)CCCN(C)C1. The van der Waals surface area contributed by atoms with Crippen LogP contribution >= 0.6 is 0 Å². The largest absolute Gasteiger partial charge is 0.496 e. The molecule has 1 fully saturated rings. The predicted octanol–water partition coefficient (Wildman–Crippen LogP) is 2.36. The number of aryl methyl sites for hydroxylation is 2. The fourth-order valence-electron chi connectivity index (χ4n) is 3.09. The highest BCUT2D eigenvalue weighted by Gasteiger charge is 2.29. The van der Waals surface area contributed by atoms with Crippen molar-refractivity contribution in [3.63, 3.8) is 0 Å². The fourth-order valence-corrected chi connectivity index (χ4v) is 3.09. The number of likely N-dealkylation sites (N-methyl/N-ethyl adjacent to an activating group) is 1. The number of nitrogens with zero attached hydrogens (tertiary/aromatic N) is 1. The number of hydrogen-bond acceptors (Lipinski definition) is 3. The van der Waals surface area contributed by atoms with Crippen LogP contribution in [0, 0.1) is 6.92 Å². The van der Waals surface area contributed by atoms with Gasteiger partial charge in [-0.25, -0.2) is 0 Å². The lowest BCUT2D eigenvalue weighted by molar-refractivity contribution is 0.170. The van der Waals surface area contributed by atoms with E-state index < -0.39 is 0 Å². The molecule has 0 aromatic heterocycles. The number of rotatable bonds is 4. The van der Waals surface area contributed by atoms with E-state index in [1.165, 1.54) is 24.1 Å². The summed E-state index contributed by atoms with van der Waals surface area (Å²) in [4.78, 5) is 2.34. The van der Waals surface area contributed by atoms with Crippen molar-refractivity contribution in [2.75, 3.05) is 27.2 Å². The predicted molar refractivity (Wildman–Crippen MR) is 79.7 cm³/mol. The summed E-state index contributed by atoms with van der Waals surface area (Å²) in [7, 11) is 3.90. The Balaban J connectivity index is 2.03. The molecule has 1 heterocycles. The van der Waals surface area contributed by atoms with Crippen LogP contribution < -0.4 is 10.5 Å². The van der Waals surface area contributed by atoms with Crippen molar-refractivity contribution in [1.29, 1.82) is 0 Å². The number of nitrogens with two attached hydrogens (primary N) is 1. The maximum atomic E-state index is 6.54. The maximum absolute atomic E-state index is 6.54. The van der Waals surface area contributed by atoms with E-state index in [4.69, 9.17) is 10.5 Å². The van der Waals surface area contributed by atoms with Crippen molar-refractivity contribution in [3.8, 4) is 5.75 Å². The first-order valence-electron chi connectivity index (χ1n) is 7.13. The van der Waals surface area contributed by atoms with Crippen molar-refractivity contribution in [2.24, 2.45) is 5.73 Å². The first kappa shape index (κ1) is 14.4. The number of benzene rings is 1. The molecule has 106 valence electrons. The molecule has 0 saturated carbocycles. The third-order valence-electron chi connectivity index (χ3n) is 4.13. The molecular formula is C16H26N2O. The van der Waals surface area contributed by atoms with Crippen molar-refractivity contribution in [2.45, 2.75) is 38.1 Å². The van der Waals surface area contributed by atoms with Gasteiger partial charge in [-0.2, -0.15) is 0 Å². The molecular weight excluding hydrogens is 236 g/mol. The molecule has 3 nitrogen and oxygen atoms in total. The molecule has 1 aromatic carbocycles. The van der Waals surface area contributed by atoms with Crippen LogP contribution in [0.3, 0.4) is 0 Å². The normalized spacial score (nSPS) is 24.4. The Kier molecular flexibility index (Phi) is 4.48. The zero-order valence-corrected chi connectivity index (χ0v) is 12.4. The van der Waals surface area contributed by atoms with E-state index in [1.54, 1.807) is 7.11 Å². The Morgan fingerprint density at radius 3 is 2.89 bits per heavy atom. The van der Waals surface area contributed by atoms with Crippen LogP contribution in [0.5, 0.6) is 5.75 Å². The highest BCUT2D eigenvalue weighted by atomic mass is 16.5. The topological polar surface area (TPSA) is 38.5 Å². The van der Waals surface area contributed by atoms with E-state index in [9.17, 15) is 0 Å². The molecule has 1 aliphatic heterocycles. The smallest absolute Gasteiger partial charge is 0.122 e. The van der Waals surface area contributed by atoms with Crippen LogP contribution in [0.15, 0.2) is 18.2 Å². The molecule has 1 aliphatic rings. The van der Waals surface area contributed by atoms with E-state index in [-0.39, 0.29) is 5.54 Å². The molecule has 0 amide bonds. The summed E-state index contributed by atoms with van der Waals surface area (Å²) in [5.41, 5.74) is 9.06. The minimum Gasteiger partial charge on any atom is -0.496 e. The monoisotopic (exact) mass is 262 g/mol. The van der Waals surface area contributed by atoms with Gasteiger partial charge in [-0.1, -0.05) is 17.7 Å². The Labute approximate surface area is 116 Å². The van der Waals surface area contributed by atoms with Gasteiger partial charge in [-0.05, 0) is 57.8 Å². The van der Waals surface area contributed by atoms with Crippen molar-refractivity contribution < 1.29 is 4.74 Å². The maximum Gasteiger partial charge on any atom is 0.122 e. The molecule has 0 aliphatic carbocycles. The second kappa shape index (κ2) is 5.93.